The molecule has 1 aromatic rings. The summed E-state index contributed by atoms with van der Waals surface area (Å²) in [4.78, 5) is 11.6. The number of benzene rings is 1. The van der Waals surface area contributed by atoms with Crippen molar-refractivity contribution in [2.45, 2.75) is 25.0 Å². The highest BCUT2D eigenvalue weighted by Gasteiger charge is 2.70. The first-order valence-corrected chi connectivity index (χ1v) is 5.78. The summed E-state index contributed by atoms with van der Waals surface area (Å²) in [5.41, 5.74) is -0.498. The molecule has 2 unspecified atom stereocenters. The minimum atomic E-state index is -0.872. The van der Waals surface area contributed by atoms with E-state index < -0.39 is 11.2 Å². The van der Waals surface area contributed by atoms with Gasteiger partial charge in [0, 0.05) is 4.47 Å². The molecular formula is C12H13BrO3. The Balaban J connectivity index is 2.34. The third-order valence-electron chi connectivity index (χ3n) is 3.23. The third kappa shape index (κ3) is 1.48. The van der Waals surface area contributed by atoms with Gasteiger partial charge < -0.3 is 9.47 Å². The standard InChI is InChI=1S/C12H13BrO3/c1-11(8-5-4-6-9(13)7-8)12(2,16-11)10(14)15-3/h4-7H,1-3H3. The van der Waals surface area contributed by atoms with Gasteiger partial charge in [-0.15, -0.1) is 0 Å². The van der Waals surface area contributed by atoms with Crippen LogP contribution in [0.4, 0.5) is 0 Å². The van der Waals surface area contributed by atoms with E-state index in [1.54, 1.807) is 6.92 Å². The van der Waals surface area contributed by atoms with Crippen molar-refractivity contribution < 1.29 is 14.3 Å². The molecule has 0 spiro atoms. The molecular weight excluding hydrogens is 272 g/mol. The molecule has 0 radical (unpaired) electrons. The van der Waals surface area contributed by atoms with Crippen LogP contribution >= 0.6 is 15.9 Å². The quantitative estimate of drug-likeness (QED) is 0.619. The van der Waals surface area contributed by atoms with Gasteiger partial charge in [0.25, 0.3) is 0 Å². The molecule has 1 saturated heterocycles. The molecule has 1 heterocycles. The molecule has 0 saturated carbocycles. The van der Waals surface area contributed by atoms with Crippen molar-refractivity contribution in [3.8, 4) is 0 Å². The van der Waals surface area contributed by atoms with E-state index in [9.17, 15) is 4.79 Å². The summed E-state index contributed by atoms with van der Waals surface area (Å²) in [5.74, 6) is -0.338. The lowest BCUT2D eigenvalue weighted by Crippen LogP contribution is -2.29. The fourth-order valence-corrected chi connectivity index (χ4v) is 2.33. The van der Waals surface area contributed by atoms with Crippen molar-refractivity contribution >= 4 is 21.9 Å². The van der Waals surface area contributed by atoms with Crippen LogP contribution < -0.4 is 0 Å². The van der Waals surface area contributed by atoms with Gasteiger partial charge in [0.05, 0.1) is 7.11 Å². The lowest BCUT2D eigenvalue weighted by Gasteiger charge is -2.11. The van der Waals surface area contributed by atoms with Crippen LogP contribution in [0.1, 0.15) is 19.4 Å². The molecule has 1 fully saturated rings. The Morgan fingerprint density at radius 2 is 2.12 bits per heavy atom. The van der Waals surface area contributed by atoms with E-state index in [1.165, 1.54) is 7.11 Å². The maximum atomic E-state index is 11.6. The molecule has 86 valence electrons. The van der Waals surface area contributed by atoms with E-state index >= 15 is 0 Å². The van der Waals surface area contributed by atoms with Gasteiger partial charge >= 0.3 is 5.97 Å². The number of ether oxygens (including phenoxy) is 2. The fraction of sp³-hybridized carbons (Fsp3) is 0.417. The minimum Gasteiger partial charge on any atom is -0.467 e. The summed E-state index contributed by atoms with van der Waals surface area (Å²) < 4.78 is 11.3. The maximum Gasteiger partial charge on any atom is 0.341 e. The molecule has 1 aromatic carbocycles. The molecule has 0 aromatic heterocycles. The number of carbonyl (C=O) groups is 1. The number of halogens is 1. The van der Waals surface area contributed by atoms with Gasteiger partial charge in [0.15, 0.2) is 5.60 Å². The van der Waals surface area contributed by atoms with Gasteiger partial charge in [-0.1, -0.05) is 28.1 Å². The Kier molecular flexibility index (Phi) is 2.59. The Morgan fingerprint density at radius 1 is 1.44 bits per heavy atom. The first kappa shape index (κ1) is 11.6. The lowest BCUT2D eigenvalue weighted by molar-refractivity contribution is -0.146. The average molecular weight is 285 g/mol. The topological polar surface area (TPSA) is 38.8 Å². The average Bonchev–Trinajstić information content (AvgIpc) is 2.84. The first-order chi connectivity index (χ1) is 7.44. The van der Waals surface area contributed by atoms with Crippen molar-refractivity contribution in [3.63, 3.8) is 0 Å². The van der Waals surface area contributed by atoms with Gasteiger partial charge in [-0.3, -0.25) is 0 Å². The fourth-order valence-electron chi connectivity index (χ4n) is 1.93. The van der Waals surface area contributed by atoms with Crippen LogP contribution in [0.5, 0.6) is 0 Å². The number of methoxy groups -OCH3 is 1. The monoisotopic (exact) mass is 284 g/mol. The van der Waals surface area contributed by atoms with E-state index in [-0.39, 0.29) is 5.97 Å². The number of hydrogen-bond acceptors (Lipinski definition) is 3. The Morgan fingerprint density at radius 3 is 2.69 bits per heavy atom. The summed E-state index contributed by atoms with van der Waals surface area (Å²) in [6, 6.07) is 7.75. The molecule has 0 bridgehead atoms. The number of hydrogen-bond donors (Lipinski definition) is 0. The molecule has 0 aliphatic carbocycles. The zero-order chi connectivity index (χ0) is 12.0. The molecule has 3 nitrogen and oxygen atoms in total. The molecule has 4 heteroatoms. The van der Waals surface area contributed by atoms with Crippen molar-refractivity contribution in [2.24, 2.45) is 0 Å². The van der Waals surface area contributed by atoms with Crippen LogP contribution in [0.25, 0.3) is 0 Å². The number of rotatable bonds is 2. The Bertz CT molecular complexity index is 446. The molecule has 1 aliphatic rings. The normalized spacial score (nSPS) is 32.2. The SMILES string of the molecule is COC(=O)C1(C)OC1(C)c1cccc(Br)c1. The zero-order valence-corrected chi connectivity index (χ0v) is 11.0. The molecule has 0 amide bonds. The minimum absolute atomic E-state index is 0.338. The number of esters is 1. The van der Waals surface area contributed by atoms with E-state index in [0.29, 0.717) is 0 Å². The number of epoxide rings is 1. The highest BCUT2D eigenvalue weighted by atomic mass is 79.9. The number of carbonyl (C=O) groups excluding carboxylic acids is 1. The van der Waals surface area contributed by atoms with Crippen LogP contribution in [0.15, 0.2) is 28.7 Å². The van der Waals surface area contributed by atoms with Crippen molar-refractivity contribution in [3.05, 3.63) is 34.3 Å². The summed E-state index contributed by atoms with van der Waals surface area (Å²) in [6.07, 6.45) is 0. The second-order valence-electron chi connectivity index (χ2n) is 4.17. The van der Waals surface area contributed by atoms with E-state index in [1.807, 2.05) is 31.2 Å². The van der Waals surface area contributed by atoms with Crippen LogP contribution in [0.3, 0.4) is 0 Å². The van der Waals surface area contributed by atoms with Crippen LogP contribution in [0, 0.1) is 0 Å². The van der Waals surface area contributed by atoms with Crippen molar-refractivity contribution in [1.82, 2.24) is 0 Å². The predicted octanol–water partition coefficient (Wildman–Crippen LogP) is 2.63. The molecule has 2 atom stereocenters. The largest absolute Gasteiger partial charge is 0.467 e. The van der Waals surface area contributed by atoms with Crippen LogP contribution in [-0.2, 0) is 19.9 Å². The lowest BCUT2D eigenvalue weighted by atomic mass is 9.89. The smallest absolute Gasteiger partial charge is 0.341 e. The van der Waals surface area contributed by atoms with E-state index in [2.05, 4.69) is 15.9 Å². The second kappa shape index (κ2) is 3.57. The molecule has 0 N–H and O–H groups in total. The molecule has 2 rings (SSSR count). The van der Waals surface area contributed by atoms with E-state index in [4.69, 9.17) is 9.47 Å². The highest BCUT2D eigenvalue weighted by Crippen LogP contribution is 2.56. The summed E-state index contributed by atoms with van der Waals surface area (Å²) in [6.45, 7) is 3.64. The first-order valence-electron chi connectivity index (χ1n) is 4.99. The summed E-state index contributed by atoms with van der Waals surface area (Å²) in [5, 5.41) is 0. The Labute approximate surface area is 103 Å². The van der Waals surface area contributed by atoms with Gasteiger partial charge in [-0.05, 0) is 31.5 Å². The summed E-state index contributed by atoms with van der Waals surface area (Å²) in [7, 11) is 1.37. The van der Waals surface area contributed by atoms with Crippen molar-refractivity contribution in [1.29, 1.82) is 0 Å². The third-order valence-corrected chi connectivity index (χ3v) is 3.72. The van der Waals surface area contributed by atoms with Gasteiger partial charge in [-0.25, -0.2) is 4.79 Å². The second-order valence-corrected chi connectivity index (χ2v) is 5.09. The highest BCUT2D eigenvalue weighted by molar-refractivity contribution is 9.10. The molecule has 1 aliphatic heterocycles. The van der Waals surface area contributed by atoms with Gasteiger partial charge in [0.2, 0.25) is 0 Å². The van der Waals surface area contributed by atoms with Crippen LogP contribution in [0.2, 0.25) is 0 Å². The van der Waals surface area contributed by atoms with Gasteiger partial charge in [-0.2, -0.15) is 0 Å². The predicted molar refractivity (Wildman–Crippen MR) is 63.0 cm³/mol. The van der Waals surface area contributed by atoms with Crippen molar-refractivity contribution in [2.75, 3.05) is 7.11 Å². The maximum absolute atomic E-state index is 11.6. The zero-order valence-electron chi connectivity index (χ0n) is 9.41. The molecule has 16 heavy (non-hydrogen) atoms. The van der Waals surface area contributed by atoms with E-state index in [0.717, 1.165) is 10.0 Å². The van der Waals surface area contributed by atoms with Crippen LogP contribution in [-0.4, -0.2) is 18.7 Å². The Hall–Kier alpha value is -0.870. The van der Waals surface area contributed by atoms with Gasteiger partial charge in [0.1, 0.15) is 5.60 Å². The summed E-state index contributed by atoms with van der Waals surface area (Å²) >= 11 is 3.40.